The third-order valence-corrected chi connectivity index (χ3v) is 2.65. The third-order valence-electron chi connectivity index (χ3n) is 2.65. The smallest absolute Gasteiger partial charge is 0.123 e. The van der Waals surface area contributed by atoms with E-state index >= 15 is 0 Å². The fraction of sp³-hybridized carbons (Fsp3) is 0.500. The van der Waals surface area contributed by atoms with Gasteiger partial charge in [-0.2, -0.15) is 0 Å². The largest absolute Gasteiger partial charge is 0.372 e. The molecule has 1 aromatic rings. The van der Waals surface area contributed by atoms with Gasteiger partial charge in [-0.05, 0) is 37.1 Å². The standard InChI is InChI=1S/C12H16FNO/c13-11-5-3-10(4-6-11)9-15-12-2-1-7-14-8-12/h3-6,12,14H,1-2,7-9H2/t12-/m0/s1. The molecular weight excluding hydrogens is 193 g/mol. The predicted octanol–water partition coefficient (Wildman–Crippen LogP) is 2.09. The van der Waals surface area contributed by atoms with Crippen LogP contribution in [-0.4, -0.2) is 19.2 Å². The topological polar surface area (TPSA) is 21.3 Å². The van der Waals surface area contributed by atoms with Crippen LogP contribution in [0.1, 0.15) is 18.4 Å². The van der Waals surface area contributed by atoms with E-state index < -0.39 is 0 Å². The van der Waals surface area contributed by atoms with Gasteiger partial charge >= 0.3 is 0 Å². The maximum absolute atomic E-state index is 12.6. The fourth-order valence-corrected chi connectivity index (χ4v) is 1.76. The first-order valence-corrected chi connectivity index (χ1v) is 5.41. The molecule has 0 bridgehead atoms. The Labute approximate surface area is 89.4 Å². The Morgan fingerprint density at radius 2 is 2.13 bits per heavy atom. The molecule has 0 spiro atoms. The summed E-state index contributed by atoms with van der Waals surface area (Å²) in [7, 11) is 0. The molecule has 2 nitrogen and oxygen atoms in total. The summed E-state index contributed by atoms with van der Waals surface area (Å²) in [4.78, 5) is 0. The average Bonchev–Trinajstić information content (AvgIpc) is 2.30. The molecule has 0 unspecified atom stereocenters. The van der Waals surface area contributed by atoms with Crippen LogP contribution < -0.4 is 5.32 Å². The van der Waals surface area contributed by atoms with E-state index in [2.05, 4.69) is 5.32 Å². The lowest BCUT2D eigenvalue weighted by Crippen LogP contribution is -2.35. The normalized spacial score (nSPS) is 21.5. The lowest BCUT2D eigenvalue weighted by Gasteiger charge is -2.23. The number of nitrogens with one attached hydrogen (secondary N) is 1. The van der Waals surface area contributed by atoms with Crippen LogP contribution in [-0.2, 0) is 11.3 Å². The van der Waals surface area contributed by atoms with E-state index in [-0.39, 0.29) is 5.82 Å². The Balaban J connectivity index is 1.79. The molecule has 1 aliphatic heterocycles. The van der Waals surface area contributed by atoms with E-state index in [0.29, 0.717) is 12.7 Å². The molecule has 1 aromatic carbocycles. The molecule has 15 heavy (non-hydrogen) atoms. The Morgan fingerprint density at radius 3 is 2.80 bits per heavy atom. The van der Waals surface area contributed by atoms with Crippen LogP contribution in [0.15, 0.2) is 24.3 Å². The molecule has 82 valence electrons. The van der Waals surface area contributed by atoms with Crippen molar-refractivity contribution in [2.75, 3.05) is 13.1 Å². The summed E-state index contributed by atoms with van der Waals surface area (Å²) < 4.78 is 18.4. The van der Waals surface area contributed by atoms with Crippen LogP contribution in [0.25, 0.3) is 0 Å². The third kappa shape index (κ3) is 3.29. The molecule has 1 saturated heterocycles. The zero-order valence-electron chi connectivity index (χ0n) is 8.71. The van der Waals surface area contributed by atoms with Gasteiger partial charge in [-0.15, -0.1) is 0 Å². The summed E-state index contributed by atoms with van der Waals surface area (Å²) in [5.74, 6) is -0.196. The zero-order chi connectivity index (χ0) is 10.5. The van der Waals surface area contributed by atoms with E-state index in [4.69, 9.17) is 4.74 Å². The van der Waals surface area contributed by atoms with Crippen molar-refractivity contribution in [3.05, 3.63) is 35.6 Å². The van der Waals surface area contributed by atoms with Gasteiger partial charge in [0.1, 0.15) is 5.82 Å². The Bertz CT molecular complexity index is 293. The Hall–Kier alpha value is -0.930. The minimum Gasteiger partial charge on any atom is -0.372 e. The number of halogens is 1. The van der Waals surface area contributed by atoms with Crippen molar-refractivity contribution in [2.45, 2.75) is 25.6 Å². The summed E-state index contributed by atoms with van der Waals surface area (Å²) in [6, 6.07) is 6.48. The van der Waals surface area contributed by atoms with Crippen LogP contribution in [0, 0.1) is 5.82 Å². The van der Waals surface area contributed by atoms with Crippen molar-refractivity contribution in [3.63, 3.8) is 0 Å². The monoisotopic (exact) mass is 209 g/mol. The molecule has 0 amide bonds. The number of hydrogen-bond donors (Lipinski definition) is 1. The molecule has 0 aliphatic carbocycles. The molecule has 1 aliphatic rings. The van der Waals surface area contributed by atoms with Crippen LogP contribution in [0.5, 0.6) is 0 Å². The van der Waals surface area contributed by atoms with E-state index in [9.17, 15) is 4.39 Å². The summed E-state index contributed by atoms with van der Waals surface area (Å²) in [5.41, 5.74) is 1.03. The minimum atomic E-state index is -0.196. The SMILES string of the molecule is Fc1ccc(CO[C@H]2CCCNC2)cc1. The molecule has 1 N–H and O–H groups in total. The van der Waals surface area contributed by atoms with Crippen LogP contribution in [0.3, 0.4) is 0 Å². The molecule has 2 rings (SSSR count). The second kappa shape index (κ2) is 5.24. The summed E-state index contributed by atoms with van der Waals surface area (Å²) >= 11 is 0. The molecule has 1 heterocycles. The molecule has 0 radical (unpaired) electrons. The second-order valence-corrected chi connectivity index (χ2v) is 3.91. The highest BCUT2D eigenvalue weighted by molar-refractivity contribution is 5.14. The number of benzene rings is 1. The first-order chi connectivity index (χ1) is 7.34. The van der Waals surface area contributed by atoms with Crippen molar-refractivity contribution >= 4 is 0 Å². The summed E-state index contributed by atoms with van der Waals surface area (Å²) in [6.07, 6.45) is 2.60. The van der Waals surface area contributed by atoms with Crippen LogP contribution in [0.2, 0.25) is 0 Å². The molecule has 0 aromatic heterocycles. The Kier molecular flexibility index (Phi) is 3.69. The van der Waals surface area contributed by atoms with Crippen molar-refractivity contribution in [1.29, 1.82) is 0 Å². The van der Waals surface area contributed by atoms with E-state index in [0.717, 1.165) is 25.1 Å². The molecule has 1 atom stereocenters. The first-order valence-electron chi connectivity index (χ1n) is 5.41. The van der Waals surface area contributed by atoms with Gasteiger partial charge in [-0.1, -0.05) is 12.1 Å². The second-order valence-electron chi connectivity index (χ2n) is 3.91. The van der Waals surface area contributed by atoms with Gasteiger partial charge in [0.05, 0.1) is 12.7 Å². The quantitative estimate of drug-likeness (QED) is 0.823. The van der Waals surface area contributed by atoms with Crippen molar-refractivity contribution < 1.29 is 9.13 Å². The number of rotatable bonds is 3. The highest BCUT2D eigenvalue weighted by Crippen LogP contribution is 2.10. The lowest BCUT2D eigenvalue weighted by molar-refractivity contribution is 0.0253. The van der Waals surface area contributed by atoms with Gasteiger partial charge in [-0.3, -0.25) is 0 Å². The molecule has 3 heteroatoms. The van der Waals surface area contributed by atoms with Gasteiger partial charge in [0.15, 0.2) is 0 Å². The lowest BCUT2D eigenvalue weighted by atomic mass is 10.1. The average molecular weight is 209 g/mol. The van der Waals surface area contributed by atoms with Gasteiger partial charge < -0.3 is 10.1 Å². The van der Waals surface area contributed by atoms with Crippen molar-refractivity contribution in [3.8, 4) is 0 Å². The fourth-order valence-electron chi connectivity index (χ4n) is 1.76. The highest BCUT2D eigenvalue weighted by atomic mass is 19.1. The van der Waals surface area contributed by atoms with Crippen LogP contribution in [0.4, 0.5) is 4.39 Å². The van der Waals surface area contributed by atoms with E-state index in [1.54, 1.807) is 12.1 Å². The van der Waals surface area contributed by atoms with Crippen molar-refractivity contribution in [1.82, 2.24) is 5.32 Å². The van der Waals surface area contributed by atoms with Gasteiger partial charge in [-0.25, -0.2) is 4.39 Å². The van der Waals surface area contributed by atoms with Gasteiger partial charge in [0.2, 0.25) is 0 Å². The molecular formula is C12H16FNO. The number of ether oxygens (including phenoxy) is 1. The number of hydrogen-bond acceptors (Lipinski definition) is 2. The highest BCUT2D eigenvalue weighted by Gasteiger charge is 2.12. The van der Waals surface area contributed by atoms with Crippen LogP contribution >= 0.6 is 0 Å². The summed E-state index contributed by atoms with van der Waals surface area (Å²) in [6.45, 7) is 2.60. The minimum absolute atomic E-state index is 0.196. The maximum atomic E-state index is 12.6. The molecule has 1 fully saturated rings. The predicted molar refractivity (Wildman–Crippen MR) is 57.1 cm³/mol. The maximum Gasteiger partial charge on any atom is 0.123 e. The zero-order valence-corrected chi connectivity index (χ0v) is 8.71. The Morgan fingerprint density at radius 1 is 1.33 bits per heavy atom. The number of piperidine rings is 1. The molecule has 0 saturated carbocycles. The summed E-state index contributed by atoms with van der Waals surface area (Å²) in [5, 5.41) is 3.30. The van der Waals surface area contributed by atoms with Gasteiger partial charge in [0, 0.05) is 6.54 Å². The van der Waals surface area contributed by atoms with Gasteiger partial charge in [0.25, 0.3) is 0 Å². The van der Waals surface area contributed by atoms with E-state index in [1.165, 1.54) is 18.6 Å². The van der Waals surface area contributed by atoms with Crippen molar-refractivity contribution in [2.24, 2.45) is 0 Å². The van der Waals surface area contributed by atoms with E-state index in [1.807, 2.05) is 0 Å². The first kappa shape index (κ1) is 10.6.